The van der Waals surface area contributed by atoms with Crippen molar-refractivity contribution >= 4 is 29.4 Å². The summed E-state index contributed by atoms with van der Waals surface area (Å²) in [5.74, 6) is -1.28. The Balaban J connectivity index is 1.92. The molecular formula is C20H23ClN2O4. The van der Waals surface area contributed by atoms with Gasteiger partial charge in [-0.1, -0.05) is 23.7 Å². The van der Waals surface area contributed by atoms with E-state index in [2.05, 4.69) is 5.32 Å². The molecule has 1 aromatic carbocycles. The van der Waals surface area contributed by atoms with E-state index in [9.17, 15) is 14.4 Å². The maximum atomic E-state index is 12.8. The van der Waals surface area contributed by atoms with E-state index in [1.165, 1.54) is 4.90 Å². The summed E-state index contributed by atoms with van der Waals surface area (Å²) in [4.78, 5) is 39.0. The molecule has 2 amide bonds. The first-order chi connectivity index (χ1) is 12.9. The fraction of sp³-hybridized carbons (Fsp3) is 0.450. The highest BCUT2D eigenvalue weighted by atomic mass is 35.5. The number of nitrogens with one attached hydrogen (secondary N) is 1. The van der Waals surface area contributed by atoms with Crippen LogP contribution in [0.3, 0.4) is 0 Å². The SMILES string of the molecule is CCOC(=O)C1=C(C)N(CC(=O)NC2CC2)C(=O)C[C@H]1c1ccc(Cl)cc1. The third-order valence-corrected chi connectivity index (χ3v) is 5.09. The summed E-state index contributed by atoms with van der Waals surface area (Å²) in [5, 5.41) is 3.46. The van der Waals surface area contributed by atoms with Crippen LogP contribution in [0.5, 0.6) is 0 Å². The monoisotopic (exact) mass is 390 g/mol. The molecule has 27 heavy (non-hydrogen) atoms. The van der Waals surface area contributed by atoms with E-state index in [1.807, 2.05) is 12.1 Å². The Labute approximate surface area is 163 Å². The Morgan fingerprint density at radius 1 is 1.26 bits per heavy atom. The molecule has 1 saturated carbocycles. The van der Waals surface area contributed by atoms with Crippen molar-refractivity contribution in [1.82, 2.24) is 10.2 Å². The van der Waals surface area contributed by atoms with Crippen molar-refractivity contribution in [3.8, 4) is 0 Å². The number of halogens is 1. The summed E-state index contributed by atoms with van der Waals surface area (Å²) in [6.07, 6.45) is 2.05. The van der Waals surface area contributed by atoms with E-state index in [0.717, 1.165) is 18.4 Å². The molecule has 0 unspecified atom stereocenters. The zero-order valence-corrected chi connectivity index (χ0v) is 16.2. The Hall–Kier alpha value is -2.34. The number of carbonyl (C=O) groups is 3. The standard InChI is InChI=1S/C20H23ClN2O4/c1-3-27-20(26)19-12(2)23(11-17(24)22-15-8-9-15)18(25)10-16(19)13-4-6-14(21)7-5-13/h4-7,15-16H,3,8-11H2,1-2H3,(H,22,24)/t16-/m0/s1. The van der Waals surface area contributed by atoms with Gasteiger partial charge in [0.1, 0.15) is 6.54 Å². The lowest BCUT2D eigenvalue weighted by Gasteiger charge is -2.34. The lowest BCUT2D eigenvalue weighted by atomic mass is 9.83. The number of hydrogen-bond acceptors (Lipinski definition) is 4. The molecule has 1 aromatic rings. The van der Waals surface area contributed by atoms with Gasteiger partial charge in [0.05, 0.1) is 12.2 Å². The maximum Gasteiger partial charge on any atom is 0.336 e. The smallest absolute Gasteiger partial charge is 0.336 e. The van der Waals surface area contributed by atoms with Gasteiger partial charge < -0.3 is 15.0 Å². The molecule has 1 atom stereocenters. The van der Waals surface area contributed by atoms with Gasteiger partial charge in [0, 0.05) is 29.1 Å². The lowest BCUT2D eigenvalue weighted by molar-refractivity contribution is -0.141. The molecule has 0 aromatic heterocycles. The maximum absolute atomic E-state index is 12.8. The number of nitrogens with zero attached hydrogens (tertiary/aromatic N) is 1. The van der Waals surface area contributed by atoms with E-state index >= 15 is 0 Å². The van der Waals surface area contributed by atoms with Crippen LogP contribution in [0.4, 0.5) is 0 Å². The second-order valence-corrected chi connectivity index (χ2v) is 7.29. The van der Waals surface area contributed by atoms with Crippen molar-refractivity contribution in [2.45, 2.75) is 45.1 Å². The van der Waals surface area contributed by atoms with Crippen molar-refractivity contribution in [2.24, 2.45) is 0 Å². The van der Waals surface area contributed by atoms with Gasteiger partial charge in [-0.2, -0.15) is 0 Å². The van der Waals surface area contributed by atoms with Gasteiger partial charge in [-0.3, -0.25) is 9.59 Å². The summed E-state index contributed by atoms with van der Waals surface area (Å²) in [5.41, 5.74) is 1.70. The number of hydrogen-bond donors (Lipinski definition) is 1. The van der Waals surface area contributed by atoms with Crippen molar-refractivity contribution in [3.63, 3.8) is 0 Å². The Morgan fingerprint density at radius 3 is 2.52 bits per heavy atom. The van der Waals surface area contributed by atoms with Crippen LogP contribution >= 0.6 is 11.6 Å². The molecule has 3 rings (SSSR count). The normalized spacial score (nSPS) is 19.9. The Kier molecular flexibility index (Phi) is 5.85. The van der Waals surface area contributed by atoms with Gasteiger partial charge in [-0.15, -0.1) is 0 Å². The largest absolute Gasteiger partial charge is 0.463 e. The first kappa shape index (κ1) is 19.4. The average Bonchev–Trinajstić information content (AvgIpc) is 3.43. The van der Waals surface area contributed by atoms with Crippen LogP contribution in [0.15, 0.2) is 35.5 Å². The van der Waals surface area contributed by atoms with Crippen LogP contribution in [0.25, 0.3) is 0 Å². The molecule has 1 N–H and O–H groups in total. The molecule has 1 fully saturated rings. The zero-order chi connectivity index (χ0) is 19.6. The van der Waals surface area contributed by atoms with Crippen molar-refractivity contribution in [3.05, 3.63) is 46.1 Å². The van der Waals surface area contributed by atoms with Gasteiger partial charge in [0.25, 0.3) is 0 Å². The molecule has 0 saturated heterocycles. The fourth-order valence-corrected chi connectivity index (χ4v) is 3.43. The summed E-state index contributed by atoms with van der Waals surface area (Å²) < 4.78 is 5.23. The fourth-order valence-electron chi connectivity index (χ4n) is 3.30. The second-order valence-electron chi connectivity index (χ2n) is 6.85. The first-order valence-electron chi connectivity index (χ1n) is 9.13. The number of ether oxygens (including phenoxy) is 1. The second kappa shape index (κ2) is 8.13. The molecule has 1 aliphatic heterocycles. The van der Waals surface area contributed by atoms with E-state index in [1.54, 1.807) is 26.0 Å². The van der Waals surface area contributed by atoms with Gasteiger partial charge in [0.2, 0.25) is 11.8 Å². The number of benzene rings is 1. The number of rotatable bonds is 6. The highest BCUT2D eigenvalue weighted by molar-refractivity contribution is 6.30. The molecule has 6 nitrogen and oxygen atoms in total. The van der Waals surface area contributed by atoms with Gasteiger partial charge in [-0.25, -0.2) is 4.79 Å². The van der Waals surface area contributed by atoms with Crippen molar-refractivity contribution in [2.75, 3.05) is 13.2 Å². The molecule has 7 heteroatoms. The molecule has 0 radical (unpaired) electrons. The van der Waals surface area contributed by atoms with Crippen LogP contribution in [-0.2, 0) is 19.1 Å². The highest BCUT2D eigenvalue weighted by Crippen LogP contribution is 2.37. The minimum Gasteiger partial charge on any atom is -0.463 e. The van der Waals surface area contributed by atoms with E-state index in [4.69, 9.17) is 16.3 Å². The van der Waals surface area contributed by atoms with Crippen LogP contribution in [0.2, 0.25) is 5.02 Å². The van der Waals surface area contributed by atoms with Crippen LogP contribution in [0, 0.1) is 0 Å². The van der Waals surface area contributed by atoms with Crippen molar-refractivity contribution in [1.29, 1.82) is 0 Å². The molecule has 0 spiro atoms. The molecular weight excluding hydrogens is 368 g/mol. The highest BCUT2D eigenvalue weighted by Gasteiger charge is 2.38. The third kappa shape index (κ3) is 4.50. The Bertz CT molecular complexity index is 784. The van der Waals surface area contributed by atoms with Crippen LogP contribution in [0.1, 0.15) is 44.6 Å². The number of carbonyl (C=O) groups excluding carboxylic acids is 3. The first-order valence-corrected chi connectivity index (χ1v) is 9.51. The quantitative estimate of drug-likeness (QED) is 0.758. The number of esters is 1. The van der Waals surface area contributed by atoms with Crippen LogP contribution in [-0.4, -0.2) is 41.9 Å². The Morgan fingerprint density at radius 2 is 1.93 bits per heavy atom. The van der Waals surface area contributed by atoms with Crippen LogP contribution < -0.4 is 5.32 Å². The molecule has 0 bridgehead atoms. The van der Waals surface area contributed by atoms with Crippen molar-refractivity contribution < 1.29 is 19.1 Å². The summed E-state index contributed by atoms with van der Waals surface area (Å²) >= 11 is 5.96. The van der Waals surface area contributed by atoms with E-state index in [-0.39, 0.29) is 37.4 Å². The predicted octanol–water partition coefficient (Wildman–Crippen LogP) is 2.77. The zero-order valence-electron chi connectivity index (χ0n) is 15.5. The average molecular weight is 391 g/mol. The van der Waals surface area contributed by atoms with Gasteiger partial charge in [-0.05, 0) is 44.4 Å². The molecule has 1 heterocycles. The summed E-state index contributed by atoms with van der Waals surface area (Å²) in [6, 6.07) is 7.29. The molecule has 144 valence electrons. The number of amides is 2. The summed E-state index contributed by atoms with van der Waals surface area (Å²) in [6.45, 7) is 3.58. The third-order valence-electron chi connectivity index (χ3n) is 4.83. The minimum atomic E-state index is -0.463. The predicted molar refractivity (Wildman–Crippen MR) is 101 cm³/mol. The lowest BCUT2D eigenvalue weighted by Crippen LogP contribution is -2.44. The van der Waals surface area contributed by atoms with E-state index in [0.29, 0.717) is 16.3 Å². The topological polar surface area (TPSA) is 75.7 Å². The molecule has 2 aliphatic rings. The van der Waals surface area contributed by atoms with Gasteiger partial charge >= 0.3 is 5.97 Å². The minimum absolute atomic E-state index is 0.0859. The van der Waals surface area contributed by atoms with Gasteiger partial charge in [0.15, 0.2) is 0 Å². The number of allylic oxidation sites excluding steroid dienone is 1. The molecule has 1 aliphatic carbocycles. The van der Waals surface area contributed by atoms with E-state index < -0.39 is 11.9 Å². The summed E-state index contributed by atoms with van der Waals surface area (Å²) in [7, 11) is 0.